The maximum Gasteiger partial charge on any atom is 0.333 e. The van der Waals surface area contributed by atoms with Crippen molar-refractivity contribution in [3.05, 3.63) is 47.0 Å². The number of aromatic nitrogens is 3. The Morgan fingerprint density at radius 2 is 1.67 bits per heavy atom. The van der Waals surface area contributed by atoms with E-state index in [0.29, 0.717) is 5.15 Å². The summed E-state index contributed by atoms with van der Waals surface area (Å²) in [6, 6.07) is 3.30. The predicted octanol–water partition coefficient (Wildman–Crippen LogP) is 0.762. The van der Waals surface area contributed by atoms with Crippen molar-refractivity contribution in [1.82, 2.24) is 14.8 Å². The van der Waals surface area contributed by atoms with Crippen LogP contribution in [0.4, 0.5) is 0 Å². The number of pyridine rings is 1. The van der Waals surface area contributed by atoms with E-state index in [-0.39, 0.29) is 12.1 Å². The maximum absolute atomic E-state index is 11.2. The summed E-state index contributed by atoms with van der Waals surface area (Å²) in [5, 5.41) is 31.6. The first-order chi connectivity index (χ1) is 11.3. The molecule has 2 rings (SSSR count). The van der Waals surface area contributed by atoms with E-state index < -0.39 is 29.7 Å². The van der Waals surface area contributed by atoms with Crippen LogP contribution in [0.1, 0.15) is 11.1 Å². The Hall–Kier alpha value is -2.94. The van der Waals surface area contributed by atoms with E-state index in [1.165, 1.54) is 23.3 Å². The number of nitrogens with zero attached hydrogens (tertiary/aromatic N) is 3. The maximum atomic E-state index is 11.2. The third kappa shape index (κ3) is 3.35. The Morgan fingerprint density at radius 3 is 2.17 bits per heavy atom. The number of carboxylic acids is 3. The van der Waals surface area contributed by atoms with E-state index in [9.17, 15) is 14.4 Å². The predicted molar refractivity (Wildman–Crippen MR) is 79.6 cm³/mol. The molecule has 0 aromatic carbocycles. The van der Waals surface area contributed by atoms with Gasteiger partial charge in [0, 0.05) is 18.8 Å². The largest absolute Gasteiger partial charge is 0.480 e. The van der Waals surface area contributed by atoms with E-state index in [0.717, 1.165) is 5.56 Å². The minimum absolute atomic E-state index is 0.170. The molecule has 2 aromatic heterocycles. The highest BCUT2D eigenvalue weighted by Crippen LogP contribution is 2.25. The molecule has 2 aromatic rings. The third-order valence-corrected chi connectivity index (χ3v) is 3.61. The fraction of sp³-hybridized carbons (Fsp3) is 0.214. The van der Waals surface area contributed by atoms with Crippen molar-refractivity contribution in [3.8, 4) is 0 Å². The van der Waals surface area contributed by atoms with Gasteiger partial charge in [-0.1, -0.05) is 17.7 Å². The van der Waals surface area contributed by atoms with Crippen molar-refractivity contribution < 1.29 is 29.7 Å². The molecule has 0 amide bonds. The monoisotopic (exact) mass is 353 g/mol. The second kappa shape index (κ2) is 6.67. The van der Waals surface area contributed by atoms with Gasteiger partial charge in [-0.05, 0) is 17.2 Å². The van der Waals surface area contributed by atoms with Gasteiger partial charge < -0.3 is 15.3 Å². The van der Waals surface area contributed by atoms with Gasteiger partial charge in [-0.3, -0.25) is 19.1 Å². The molecule has 0 fully saturated rings. The fourth-order valence-corrected chi connectivity index (χ4v) is 2.19. The number of halogens is 1. The summed E-state index contributed by atoms with van der Waals surface area (Å²) >= 11 is 5.68. The second-order valence-electron chi connectivity index (χ2n) is 5.03. The smallest absolute Gasteiger partial charge is 0.333 e. The Bertz CT molecular complexity index is 750. The Kier molecular flexibility index (Phi) is 4.84. The average Bonchev–Trinajstić information content (AvgIpc) is 2.93. The lowest BCUT2D eigenvalue weighted by atomic mass is 9.82. The zero-order valence-electron chi connectivity index (χ0n) is 12.1. The average molecular weight is 354 g/mol. The van der Waals surface area contributed by atoms with E-state index in [2.05, 4.69) is 10.1 Å². The Morgan fingerprint density at radius 1 is 1.04 bits per heavy atom. The Balaban J connectivity index is 2.23. The van der Waals surface area contributed by atoms with Gasteiger partial charge in [-0.25, -0.2) is 4.98 Å². The molecule has 24 heavy (non-hydrogen) atoms. The van der Waals surface area contributed by atoms with E-state index in [1.54, 1.807) is 12.1 Å². The number of aliphatic carboxylic acids is 3. The van der Waals surface area contributed by atoms with Crippen molar-refractivity contribution in [2.45, 2.75) is 13.0 Å². The standard InChI is InChI=1S/C14H12ClN3O6/c15-10-2-1-8(4-16-10)6-18-7-9(5-17-18)3-14(11(19)20,12(21)22)13(23)24/h1-2,4-5,7H,3,6H2,(H,19,20)(H,21,22)(H,23,24). The lowest BCUT2D eigenvalue weighted by molar-refractivity contribution is -0.175. The van der Waals surface area contributed by atoms with E-state index in [1.807, 2.05) is 0 Å². The quantitative estimate of drug-likeness (QED) is 0.489. The molecule has 10 heteroatoms. The molecule has 0 aliphatic rings. The molecule has 9 nitrogen and oxygen atoms in total. The van der Waals surface area contributed by atoms with Crippen molar-refractivity contribution in [2.75, 3.05) is 0 Å². The molecule has 126 valence electrons. The fourth-order valence-electron chi connectivity index (χ4n) is 2.08. The SMILES string of the molecule is O=C(O)C(Cc1cnn(Cc2ccc(Cl)nc2)c1)(C(=O)O)C(=O)O. The van der Waals surface area contributed by atoms with E-state index in [4.69, 9.17) is 26.9 Å². The van der Waals surface area contributed by atoms with Crippen LogP contribution in [0.3, 0.4) is 0 Å². The highest BCUT2D eigenvalue weighted by Gasteiger charge is 2.54. The zero-order valence-corrected chi connectivity index (χ0v) is 12.8. The second-order valence-corrected chi connectivity index (χ2v) is 5.42. The normalized spacial score (nSPS) is 11.2. The molecule has 0 saturated heterocycles. The summed E-state index contributed by atoms with van der Waals surface area (Å²) < 4.78 is 1.41. The molecule has 0 atom stereocenters. The minimum atomic E-state index is -2.96. The van der Waals surface area contributed by atoms with Crippen LogP contribution in [-0.4, -0.2) is 48.0 Å². The zero-order chi connectivity index (χ0) is 17.9. The third-order valence-electron chi connectivity index (χ3n) is 3.38. The van der Waals surface area contributed by atoms with Gasteiger partial charge in [-0.2, -0.15) is 5.10 Å². The van der Waals surface area contributed by atoms with Crippen LogP contribution in [0, 0.1) is 5.41 Å². The molecule has 0 radical (unpaired) electrons. The number of carbonyl (C=O) groups is 3. The van der Waals surface area contributed by atoms with Crippen molar-refractivity contribution in [2.24, 2.45) is 5.41 Å². The van der Waals surface area contributed by atoms with Crippen LogP contribution < -0.4 is 0 Å². The lowest BCUT2D eigenvalue weighted by Crippen LogP contribution is -2.48. The molecular formula is C14H12ClN3O6. The summed E-state index contributed by atoms with van der Waals surface area (Å²) in [7, 11) is 0. The molecule has 3 N–H and O–H groups in total. The van der Waals surface area contributed by atoms with Gasteiger partial charge in [0.05, 0.1) is 12.7 Å². The first kappa shape index (κ1) is 17.4. The van der Waals surface area contributed by atoms with Gasteiger partial charge in [-0.15, -0.1) is 0 Å². The molecule has 0 saturated carbocycles. The molecular weight excluding hydrogens is 342 g/mol. The first-order valence-corrected chi connectivity index (χ1v) is 6.95. The van der Waals surface area contributed by atoms with Gasteiger partial charge >= 0.3 is 17.9 Å². The number of hydrogen-bond donors (Lipinski definition) is 3. The van der Waals surface area contributed by atoms with Crippen molar-refractivity contribution >= 4 is 29.5 Å². The highest BCUT2D eigenvalue weighted by atomic mass is 35.5. The highest BCUT2D eigenvalue weighted by molar-refractivity contribution is 6.29. The number of rotatable bonds is 7. The van der Waals surface area contributed by atoms with Gasteiger partial charge in [0.1, 0.15) is 5.15 Å². The number of hydrogen-bond acceptors (Lipinski definition) is 5. The van der Waals surface area contributed by atoms with E-state index >= 15 is 0 Å². The molecule has 0 aliphatic carbocycles. The van der Waals surface area contributed by atoms with Crippen molar-refractivity contribution in [3.63, 3.8) is 0 Å². The summed E-state index contributed by atoms with van der Waals surface area (Å²) in [5.41, 5.74) is -2.03. The van der Waals surface area contributed by atoms with Gasteiger partial charge in [0.25, 0.3) is 5.41 Å². The van der Waals surface area contributed by atoms with Gasteiger partial charge in [0.2, 0.25) is 0 Å². The van der Waals surface area contributed by atoms with Crippen LogP contribution in [0.25, 0.3) is 0 Å². The summed E-state index contributed by atoms with van der Waals surface area (Å²) in [4.78, 5) is 37.6. The van der Waals surface area contributed by atoms with Gasteiger partial charge in [0.15, 0.2) is 0 Å². The summed E-state index contributed by atoms with van der Waals surface area (Å²) in [5.74, 6) is -5.84. The van der Waals surface area contributed by atoms with Crippen LogP contribution in [0.5, 0.6) is 0 Å². The Labute approximate surface area is 140 Å². The van der Waals surface area contributed by atoms with Crippen LogP contribution in [-0.2, 0) is 27.3 Å². The molecule has 2 heterocycles. The number of carboxylic acid groups (broad SMARTS) is 3. The summed E-state index contributed by atoms with van der Waals surface area (Å²) in [6.07, 6.45) is 3.41. The van der Waals surface area contributed by atoms with Crippen molar-refractivity contribution in [1.29, 1.82) is 0 Å². The first-order valence-electron chi connectivity index (χ1n) is 6.57. The lowest BCUT2D eigenvalue weighted by Gasteiger charge is -2.18. The summed E-state index contributed by atoms with van der Waals surface area (Å²) in [6.45, 7) is 0.282. The van der Waals surface area contributed by atoms with Crippen LogP contribution in [0.15, 0.2) is 30.7 Å². The molecule has 0 bridgehead atoms. The minimum Gasteiger partial charge on any atom is -0.480 e. The molecule has 0 spiro atoms. The van der Waals surface area contributed by atoms with Crippen LogP contribution in [0.2, 0.25) is 5.15 Å². The topological polar surface area (TPSA) is 143 Å². The molecule has 0 aliphatic heterocycles. The van der Waals surface area contributed by atoms with Crippen LogP contribution >= 0.6 is 11.6 Å². The molecule has 0 unspecified atom stereocenters.